The lowest BCUT2D eigenvalue weighted by Gasteiger charge is -2.14. The molecule has 1 fully saturated rings. The number of nitrogens with zero attached hydrogens (tertiary/aromatic N) is 1. The maximum atomic E-state index is 12.3. The molecule has 2 heterocycles. The van der Waals surface area contributed by atoms with Gasteiger partial charge in [0.05, 0.1) is 5.52 Å². The topological polar surface area (TPSA) is 77.2 Å². The van der Waals surface area contributed by atoms with Gasteiger partial charge in [-0.05, 0) is 25.0 Å². The van der Waals surface area contributed by atoms with E-state index in [1.807, 2.05) is 26.0 Å². The number of carbonyl (C=O) groups excluding carboxylic acids is 1. The number of hydrogen-bond donors (Lipinski definition) is 3. The first-order valence-corrected chi connectivity index (χ1v) is 7.92. The van der Waals surface area contributed by atoms with Crippen LogP contribution in [0, 0.1) is 13.8 Å². The molecular formula is C17H22N4O2. The zero-order chi connectivity index (χ0) is 16.4. The molecule has 0 radical (unpaired) electrons. The second-order valence-electron chi connectivity index (χ2n) is 6.00. The Kier molecular flexibility index (Phi) is 4.34. The van der Waals surface area contributed by atoms with Crippen LogP contribution in [0.1, 0.15) is 16.8 Å². The zero-order valence-corrected chi connectivity index (χ0v) is 13.5. The third-order valence-corrected chi connectivity index (χ3v) is 4.28. The molecule has 0 atom stereocenters. The molecule has 23 heavy (non-hydrogen) atoms. The molecule has 1 saturated heterocycles. The van der Waals surface area contributed by atoms with Gasteiger partial charge in [0.15, 0.2) is 5.43 Å². The van der Waals surface area contributed by atoms with Crippen LogP contribution in [0.4, 0.5) is 4.79 Å². The average molecular weight is 314 g/mol. The van der Waals surface area contributed by atoms with E-state index in [4.69, 9.17) is 0 Å². The van der Waals surface area contributed by atoms with Gasteiger partial charge in [0, 0.05) is 49.9 Å². The number of fused-ring (bicyclic) bond motifs is 1. The summed E-state index contributed by atoms with van der Waals surface area (Å²) in [4.78, 5) is 28.9. The number of aromatic amines is 1. The first-order valence-electron chi connectivity index (χ1n) is 7.92. The average Bonchev–Trinajstić information content (AvgIpc) is 2.92. The maximum absolute atomic E-state index is 12.3. The highest BCUT2D eigenvalue weighted by Crippen LogP contribution is 2.17. The molecule has 0 aliphatic carbocycles. The van der Waals surface area contributed by atoms with Gasteiger partial charge in [0.1, 0.15) is 0 Å². The summed E-state index contributed by atoms with van der Waals surface area (Å²) in [5, 5.41) is 6.83. The van der Waals surface area contributed by atoms with Gasteiger partial charge in [-0.15, -0.1) is 0 Å². The molecule has 1 aliphatic rings. The molecule has 1 aromatic carbocycles. The van der Waals surface area contributed by atoms with E-state index in [0.29, 0.717) is 19.6 Å². The van der Waals surface area contributed by atoms with Crippen LogP contribution in [0.2, 0.25) is 0 Å². The smallest absolute Gasteiger partial charge is 0.317 e. The molecule has 6 nitrogen and oxygen atoms in total. The van der Waals surface area contributed by atoms with Crippen LogP contribution in [0.5, 0.6) is 0 Å². The number of aryl methyl sites for hydroxylation is 2. The van der Waals surface area contributed by atoms with Gasteiger partial charge in [-0.2, -0.15) is 0 Å². The first kappa shape index (κ1) is 15.6. The van der Waals surface area contributed by atoms with Crippen LogP contribution >= 0.6 is 0 Å². The highest BCUT2D eigenvalue weighted by atomic mass is 16.2. The van der Waals surface area contributed by atoms with Crippen molar-refractivity contribution in [2.24, 2.45) is 0 Å². The van der Waals surface area contributed by atoms with Crippen LogP contribution < -0.4 is 16.1 Å². The number of urea groups is 1. The van der Waals surface area contributed by atoms with E-state index in [1.165, 1.54) is 0 Å². The van der Waals surface area contributed by atoms with Crippen molar-refractivity contribution < 1.29 is 4.79 Å². The lowest BCUT2D eigenvalue weighted by atomic mass is 10.0. The third-order valence-electron chi connectivity index (χ3n) is 4.28. The van der Waals surface area contributed by atoms with Crippen LogP contribution in [-0.2, 0) is 6.54 Å². The lowest BCUT2D eigenvalue weighted by molar-refractivity contribution is 0.217. The number of pyridine rings is 1. The third kappa shape index (κ3) is 3.22. The Morgan fingerprint density at radius 2 is 2.00 bits per heavy atom. The van der Waals surface area contributed by atoms with E-state index in [9.17, 15) is 9.59 Å². The van der Waals surface area contributed by atoms with Crippen molar-refractivity contribution in [1.82, 2.24) is 20.5 Å². The van der Waals surface area contributed by atoms with Gasteiger partial charge in [0.2, 0.25) is 0 Å². The van der Waals surface area contributed by atoms with Crippen LogP contribution in [0.3, 0.4) is 0 Å². The van der Waals surface area contributed by atoms with Crippen molar-refractivity contribution in [2.45, 2.75) is 20.4 Å². The highest BCUT2D eigenvalue weighted by Gasteiger charge is 2.18. The van der Waals surface area contributed by atoms with Gasteiger partial charge in [-0.1, -0.05) is 12.1 Å². The molecule has 0 saturated carbocycles. The van der Waals surface area contributed by atoms with Crippen LogP contribution in [-0.4, -0.2) is 42.1 Å². The first-order chi connectivity index (χ1) is 11.1. The number of carbonyl (C=O) groups is 1. The number of benzene rings is 1. The molecule has 1 aromatic heterocycles. The predicted octanol–water partition coefficient (Wildman–Crippen LogP) is 1.26. The number of nitrogens with one attached hydrogen (secondary N) is 3. The summed E-state index contributed by atoms with van der Waals surface area (Å²) in [6, 6.07) is 5.66. The minimum Gasteiger partial charge on any atom is -0.357 e. The summed E-state index contributed by atoms with van der Waals surface area (Å²) in [7, 11) is 0. The minimum atomic E-state index is -0.00277. The lowest BCUT2D eigenvalue weighted by Crippen LogP contribution is -2.34. The molecule has 2 aromatic rings. The second-order valence-corrected chi connectivity index (χ2v) is 6.00. The minimum absolute atomic E-state index is 0.00277. The standard InChI is InChI=1S/C17H22N4O2/c1-11-3-4-12(2)16-15(11)14(22)9-13(20-16)10-18-5-7-21-8-6-19-17(21)23/h3-4,9,18H,5-8,10H2,1-2H3,(H,19,23)(H,20,22). The Labute approximate surface area is 134 Å². The molecule has 0 bridgehead atoms. The van der Waals surface area contributed by atoms with Crippen molar-refractivity contribution in [1.29, 1.82) is 0 Å². The Morgan fingerprint density at radius 1 is 1.22 bits per heavy atom. The Morgan fingerprint density at radius 3 is 2.74 bits per heavy atom. The van der Waals surface area contributed by atoms with E-state index in [1.54, 1.807) is 11.0 Å². The fraction of sp³-hybridized carbons (Fsp3) is 0.412. The van der Waals surface area contributed by atoms with Crippen molar-refractivity contribution in [3.63, 3.8) is 0 Å². The number of hydrogen-bond acceptors (Lipinski definition) is 3. The number of H-pyrrole nitrogens is 1. The summed E-state index contributed by atoms with van der Waals surface area (Å²) in [5.41, 5.74) is 3.88. The molecule has 6 heteroatoms. The van der Waals surface area contributed by atoms with Crippen molar-refractivity contribution in [2.75, 3.05) is 26.2 Å². The van der Waals surface area contributed by atoms with Gasteiger partial charge >= 0.3 is 6.03 Å². The Bertz CT molecular complexity index is 797. The van der Waals surface area contributed by atoms with Crippen molar-refractivity contribution in [3.8, 4) is 0 Å². The Hall–Kier alpha value is -2.34. The number of aromatic nitrogens is 1. The van der Waals surface area contributed by atoms with Gasteiger partial charge in [-0.3, -0.25) is 4.79 Å². The molecule has 1 aliphatic heterocycles. The van der Waals surface area contributed by atoms with E-state index in [2.05, 4.69) is 15.6 Å². The molecular weight excluding hydrogens is 292 g/mol. The zero-order valence-electron chi connectivity index (χ0n) is 13.5. The van der Waals surface area contributed by atoms with E-state index in [-0.39, 0.29) is 11.5 Å². The summed E-state index contributed by atoms with van der Waals surface area (Å²) >= 11 is 0. The van der Waals surface area contributed by atoms with E-state index < -0.39 is 0 Å². The fourth-order valence-electron chi connectivity index (χ4n) is 2.97. The van der Waals surface area contributed by atoms with Gasteiger partial charge in [0.25, 0.3) is 0 Å². The summed E-state index contributed by atoms with van der Waals surface area (Å²) in [5.74, 6) is 0. The van der Waals surface area contributed by atoms with E-state index in [0.717, 1.165) is 40.8 Å². The monoisotopic (exact) mass is 314 g/mol. The van der Waals surface area contributed by atoms with Gasteiger partial charge < -0.3 is 20.5 Å². The second kappa shape index (κ2) is 6.42. The molecule has 3 rings (SSSR count). The summed E-state index contributed by atoms with van der Waals surface area (Å²) in [6.45, 7) is 7.37. The molecule has 122 valence electrons. The van der Waals surface area contributed by atoms with Gasteiger partial charge in [-0.25, -0.2) is 4.79 Å². The molecule has 0 spiro atoms. The van der Waals surface area contributed by atoms with E-state index >= 15 is 0 Å². The van der Waals surface area contributed by atoms with Crippen molar-refractivity contribution in [3.05, 3.63) is 45.2 Å². The largest absolute Gasteiger partial charge is 0.357 e. The number of amides is 2. The summed E-state index contributed by atoms with van der Waals surface area (Å²) < 4.78 is 0. The predicted molar refractivity (Wildman–Crippen MR) is 90.7 cm³/mol. The highest BCUT2D eigenvalue weighted by molar-refractivity contribution is 5.84. The SMILES string of the molecule is Cc1ccc(C)c2c(=O)cc(CNCCN3CCNC3=O)[nH]c12. The quantitative estimate of drug-likeness (QED) is 0.727. The molecule has 3 N–H and O–H groups in total. The fourth-order valence-corrected chi connectivity index (χ4v) is 2.97. The maximum Gasteiger partial charge on any atom is 0.317 e. The molecule has 0 unspecified atom stereocenters. The normalized spacial score (nSPS) is 14.5. The number of rotatable bonds is 5. The molecule has 2 amide bonds. The van der Waals surface area contributed by atoms with Crippen LogP contribution in [0.25, 0.3) is 10.9 Å². The Balaban J connectivity index is 1.68. The van der Waals surface area contributed by atoms with Crippen LogP contribution in [0.15, 0.2) is 23.0 Å². The van der Waals surface area contributed by atoms with Crippen molar-refractivity contribution >= 4 is 16.9 Å². The summed E-state index contributed by atoms with van der Waals surface area (Å²) in [6.07, 6.45) is 0.